The molecule has 0 aromatic heterocycles. The number of nitrogens with two attached hydrogens (primary N) is 1. The van der Waals surface area contributed by atoms with E-state index in [1.54, 1.807) is 0 Å². The minimum Gasteiger partial charge on any atom is -0.480 e. The van der Waals surface area contributed by atoms with E-state index in [2.05, 4.69) is 11.8 Å². The quantitative estimate of drug-likeness (QED) is 0.453. The lowest BCUT2D eigenvalue weighted by atomic mass is 10.1. The Morgan fingerprint density at radius 3 is 2.31 bits per heavy atom. The highest BCUT2D eigenvalue weighted by atomic mass is 16.4. The van der Waals surface area contributed by atoms with Gasteiger partial charge in [-0.3, -0.25) is 9.69 Å². The van der Waals surface area contributed by atoms with Gasteiger partial charge in [-0.05, 0) is 12.8 Å². The van der Waals surface area contributed by atoms with Crippen molar-refractivity contribution in [2.45, 2.75) is 25.3 Å². The largest absolute Gasteiger partial charge is 0.480 e. The Bertz CT molecular complexity index is 272. The molecule has 4 heteroatoms. The molecule has 0 aliphatic carbocycles. The lowest BCUT2D eigenvalue weighted by Crippen LogP contribution is -2.30. The van der Waals surface area contributed by atoms with Gasteiger partial charge in [0.15, 0.2) is 0 Å². The molecular weight excluding hydrogens is 204 g/mol. The van der Waals surface area contributed by atoms with Gasteiger partial charge < -0.3 is 10.8 Å². The van der Waals surface area contributed by atoms with Gasteiger partial charge >= 0.3 is 5.97 Å². The molecule has 0 spiro atoms. The molecule has 0 aliphatic rings. The average molecular weight is 222 g/mol. The molecule has 0 unspecified atom stereocenters. The van der Waals surface area contributed by atoms with Crippen molar-refractivity contribution in [1.82, 2.24) is 4.90 Å². The lowest BCUT2D eigenvalue weighted by molar-refractivity contribution is -0.138. The number of hydrogen-bond donors (Lipinski definition) is 2. The summed E-state index contributed by atoms with van der Waals surface area (Å²) in [5.41, 5.74) is 5.37. The summed E-state index contributed by atoms with van der Waals surface area (Å²) < 4.78 is 0. The molecule has 0 fully saturated rings. The molecule has 0 aliphatic heterocycles. The predicted octanol–water partition coefficient (Wildman–Crippen LogP) is 0.137. The van der Waals surface area contributed by atoms with Crippen molar-refractivity contribution in [3.8, 4) is 24.7 Å². The highest BCUT2D eigenvalue weighted by Crippen LogP contribution is 2.01. The Balaban J connectivity index is 3.67. The van der Waals surface area contributed by atoms with Crippen LogP contribution in [0.2, 0.25) is 0 Å². The number of unbranched alkanes of at least 4 members (excludes halogenated alkanes) is 1. The second-order valence-electron chi connectivity index (χ2n) is 3.56. The Morgan fingerprint density at radius 1 is 1.31 bits per heavy atom. The Labute approximate surface area is 96.8 Å². The van der Waals surface area contributed by atoms with Gasteiger partial charge in [0.05, 0.1) is 13.1 Å². The van der Waals surface area contributed by atoms with Crippen LogP contribution in [0.3, 0.4) is 0 Å². The molecule has 0 aromatic carbocycles. The summed E-state index contributed by atoms with van der Waals surface area (Å²) in [6, 6.07) is -0.770. The maximum absolute atomic E-state index is 10.4. The zero-order valence-electron chi connectivity index (χ0n) is 9.35. The van der Waals surface area contributed by atoms with Crippen LogP contribution in [0.1, 0.15) is 19.3 Å². The van der Waals surface area contributed by atoms with E-state index < -0.39 is 12.0 Å². The van der Waals surface area contributed by atoms with E-state index in [-0.39, 0.29) is 0 Å². The molecule has 1 atom stereocenters. The molecule has 0 amide bonds. The van der Waals surface area contributed by atoms with Gasteiger partial charge in [-0.1, -0.05) is 18.3 Å². The molecule has 88 valence electrons. The van der Waals surface area contributed by atoms with Crippen LogP contribution in [0.5, 0.6) is 0 Å². The van der Waals surface area contributed by atoms with Gasteiger partial charge in [-0.15, -0.1) is 12.8 Å². The molecule has 0 rings (SSSR count). The fraction of sp³-hybridized carbons (Fsp3) is 0.583. The standard InChI is InChI=1S/C12H18N2O2/c1-3-8-14(9-4-2)10-6-5-7-11(13)12(15)16/h1-2,11H,5-10,13H2,(H,15,16)/t11-/m0/s1. The Morgan fingerprint density at radius 2 is 1.88 bits per heavy atom. The van der Waals surface area contributed by atoms with Crippen LogP contribution in [-0.2, 0) is 4.79 Å². The number of carbonyl (C=O) groups is 1. The van der Waals surface area contributed by atoms with E-state index in [1.165, 1.54) is 0 Å². The van der Waals surface area contributed by atoms with E-state index in [1.807, 2.05) is 4.90 Å². The summed E-state index contributed by atoms with van der Waals surface area (Å²) in [6.07, 6.45) is 12.5. The van der Waals surface area contributed by atoms with E-state index in [0.717, 1.165) is 19.4 Å². The molecule has 0 aromatic rings. The second-order valence-corrected chi connectivity index (χ2v) is 3.56. The fourth-order valence-corrected chi connectivity index (χ4v) is 1.30. The highest BCUT2D eigenvalue weighted by Gasteiger charge is 2.10. The maximum Gasteiger partial charge on any atom is 0.320 e. The highest BCUT2D eigenvalue weighted by molar-refractivity contribution is 5.72. The summed E-state index contributed by atoms with van der Waals surface area (Å²) in [7, 11) is 0. The molecule has 0 saturated heterocycles. The van der Waals surface area contributed by atoms with Crippen molar-refractivity contribution in [3.05, 3.63) is 0 Å². The molecular formula is C12H18N2O2. The van der Waals surface area contributed by atoms with Gasteiger partial charge in [0.2, 0.25) is 0 Å². The fourth-order valence-electron chi connectivity index (χ4n) is 1.30. The minimum atomic E-state index is -0.955. The third kappa shape index (κ3) is 6.89. The number of nitrogens with zero attached hydrogens (tertiary/aromatic N) is 1. The monoisotopic (exact) mass is 222 g/mol. The van der Waals surface area contributed by atoms with Gasteiger partial charge in [0.1, 0.15) is 6.04 Å². The minimum absolute atomic E-state index is 0.481. The number of aliphatic carboxylic acids is 1. The van der Waals surface area contributed by atoms with Crippen LogP contribution in [0.15, 0.2) is 0 Å². The third-order valence-electron chi connectivity index (χ3n) is 2.19. The topological polar surface area (TPSA) is 66.6 Å². The lowest BCUT2D eigenvalue weighted by Gasteiger charge is -2.16. The van der Waals surface area contributed by atoms with Crippen molar-refractivity contribution in [1.29, 1.82) is 0 Å². The van der Waals surface area contributed by atoms with Crippen molar-refractivity contribution >= 4 is 5.97 Å². The van der Waals surface area contributed by atoms with E-state index in [4.69, 9.17) is 23.7 Å². The summed E-state index contributed by atoms with van der Waals surface area (Å²) >= 11 is 0. The number of carboxylic acid groups (broad SMARTS) is 1. The molecule has 0 saturated carbocycles. The predicted molar refractivity (Wildman–Crippen MR) is 63.6 cm³/mol. The second kappa shape index (κ2) is 8.79. The first kappa shape index (κ1) is 14.5. The summed E-state index contributed by atoms with van der Waals surface area (Å²) in [5, 5.41) is 8.57. The van der Waals surface area contributed by atoms with Crippen LogP contribution < -0.4 is 5.73 Å². The van der Waals surface area contributed by atoms with Crippen molar-refractivity contribution < 1.29 is 9.90 Å². The third-order valence-corrected chi connectivity index (χ3v) is 2.19. The molecule has 16 heavy (non-hydrogen) atoms. The van der Waals surface area contributed by atoms with Crippen molar-refractivity contribution in [2.24, 2.45) is 5.73 Å². The summed E-state index contributed by atoms with van der Waals surface area (Å²) in [4.78, 5) is 12.4. The van der Waals surface area contributed by atoms with E-state index in [9.17, 15) is 4.79 Å². The van der Waals surface area contributed by atoms with E-state index in [0.29, 0.717) is 19.5 Å². The number of rotatable bonds is 8. The van der Waals surface area contributed by atoms with Gasteiger partial charge in [-0.2, -0.15) is 0 Å². The maximum atomic E-state index is 10.4. The first-order valence-corrected chi connectivity index (χ1v) is 5.19. The Hall–Kier alpha value is -1.49. The first-order chi connectivity index (χ1) is 7.61. The smallest absolute Gasteiger partial charge is 0.320 e. The number of hydrogen-bond acceptors (Lipinski definition) is 3. The van der Waals surface area contributed by atoms with Crippen LogP contribution in [-0.4, -0.2) is 41.7 Å². The number of carboxylic acids is 1. The molecule has 0 heterocycles. The van der Waals surface area contributed by atoms with Crippen LogP contribution in [0.4, 0.5) is 0 Å². The normalized spacial score (nSPS) is 11.8. The van der Waals surface area contributed by atoms with Crippen LogP contribution >= 0.6 is 0 Å². The zero-order chi connectivity index (χ0) is 12.4. The Kier molecular flexibility index (Phi) is 7.97. The average Bonchev–Trinajstić information content (AvgIpc) is 2.24. The molecule has 3 N–H and O–H groups in total. The SMILES string of the molecule is C#CCN(CC#C)CCCC[C@H](N)C(=O)O. The van der Waals surface area contributed by atoms with Gasteiger partial charge in [0, 0.05) is 6.54 Å². The van der Waals surface area contributed by atoms with E-state index >= 15 is 0 Å². The zero-order valence-corrected chi connectivity index (χ0v) is 9.35. The molecule has 4 nitrogen and oxygen atoms in total. The van der Waals surface area contributed by atoms with Gasteiger partial charge in [-0.25, -0.2) is 0 Å². The first-order valence-electron chi connectivity index (χ1n) is 5.19. The van der Waals surface area contributed by atoms with Crippen molar-refractivity contribution in [2.75, 3.05) is 19.6 Å². The molecule has 0 bridgehead atoms. The molecule has 0 radical (unpaired) electrons. The summed E-state index contributed by atoms with van der Waals surface area (Å²) in [5.74, 6) is 4.11. The van der Waals surface area contributed by atoms with Crippen LogP contribution in [0.25, 0.3) is 0 Å². The van der Waals surface area contributed by atoms with Crippen LogP contribution in [0, 0.1) is 24.7 Å². The van der Waals surface area contributed by atoms with Crippen molar-refractivity contribution in [3.63, 3.8) is 0 Å². The summed E-state index contributed by atoms with van der Waals surface area (Å²) in [6.45, 7) is 1.82. The number of terminal acetylenes is 2. The van der Waals surface area contributed by atoms with Gasteiger partial charge in [0.25, 0.3) is 0 Å².